The second-order valence-electron chi connectivity index (χ2n) is 4.98. The SMILES string of the molecule is Cc1cc(N)c(C)c(S(=O)(=O)NCCCS(N)(=O)=O)c1C. The predicted octanol–water partition coefficient (Wildman–Crippen LogP) is 0.151. The van der Waals surface area contributed by atoms with E-state index in [0.717, 1.165) is 5.56 Å². The number of hydrogen-bond acceptors (Lipinski definition) is 5. The fourth-order valence-corrected chi connectivity index (χ4v) is 4.19. The molecule has 1 rings (SSSR count). The van der Waals surface area contributed by atoms with Gasteiger partial charge in [0.15, 0.2) is 0 Å². The Hall–Kier alpha value is -1.16. The number of aryl methyl sites for hydroxylation is 1. The van der Waals surface area contributed by atoms with Gasteiger partial charge in [-0.15, -0.1) is 0 Å². The second-order valence-corrected chi connectivity index (χ2v) is 8.42. The van der Waals surface area contributed by atoms with Crippen LogP contribution in [-0.2, 0) is 20.0 Å². The predicted molar refractivity (Wildman–Crippen MR) is 82.8 cm³/mol. The summed E-state index contributed by atoms with van der Waals surface area (Å²) in [6.45, 7) is 5.12. The second kappa shape index (κ2) is 6.30. The van der Waals surface area contributed by atoms with Crippen molar-refractivity contribution in [3.05, 3.63) is 22.8 Å². The summed E-state index contributed by atoms with van der Waals surface area (Å²) < 4.78 is 48.7. The number of primary sulfonamides is 1. The van der Waals surface area contributed by atoms with Crippen molar-refractivity contribution in [3.8, 4) is 0 Å². The fraction of sp³-hybridized carbons (Fsp3) is 0.500. The Kier molecular flexibility index (Phi) is 5.37. The molecule has 0 bridgehead atoms. The van der Waals surface area contributed by atoms with Gasteiger partial charge in [-0.25, -0.2) is 26.7 Å². The molecule has 0 saturated heterocycles. The van der Waals surface area contributed by atoms with Crippen molar-refractivity contribution in [1.29, 1.82) is 0 Å². The van der Waals surface area contributed by atoms with Gasteiger partial charge in [-0.1, -0.05) is 0 Å². The van der Waals surface area contributed by atoms with E-state index in [1.54, 1.807) is 26.8 Å². The van der Waals surface area contributed by atoms with E-state index in [1.807, 2.05) is 0 Å². The van der Waals surface area contributed by atoms with Crippen LogP contribution in [0.3, 0.4) is 0 Å². The lowest BCUT2D eigenvalue weighted by Gasteiger charge is -2.15. The first-order chi connectivity index (χ1) is 9.46. The maximum Gasteiger partial charge on any atom is 0.241 e. The first kappa shape index (κ1) is 17.9. The molecule has 0 fully saturated rings. The molecule has 0 spiro atoms. The smallest absolute Gasteiger partial charge is 0.241 e. The van der Waals surface area contributed by atoms with Gasteiger partial charge in [-0.05, 0) is 49.9 Å². The molecule has 1 aromatic rings. The van der Waals surface area contributed by atoms with E-state index in [4.69, 9.17) is 10.9 Å². The largest absolute Gasteiger partial charge is 0.398 e. The third-order valence-electron chi connectivity index (χ3n) is 3.24. The highest BCUT2D eigenvalue weighted by Gasteiger charge is 2.22. The van der Waals surface area contributed by atoms with Crippen molar-refractivity contribution in [2.45, 2.75) is 32.1 Å². The highest BCUT2D eigenvalue weighted by molar-refractivity contribution is 7.89. The quantitative estimate of drug-likeness (QED) is 0.503. The van der Waals surface area contributed by atoms with Crippen molar-refractivity contribution in [1.82, 2.24) is 4.72 Å². The van der Waals surface area contributed by atoms with Crippen molar-refractivity contribution >= 4 is 25.7 Å². The number of anilines is 1. The Morgan fingerprint density at radius 1 is 1.10 bits per heavy atom. The average Bonchev–Trinajstić information content (AvgIpc) is 2.31. The van der Waals surface area contributed by atoms with E-state index >= 15 is 0 Å². The summed E-state index contributed by atoms with van der Waals surface area (Å²) in [7, 11) is -7.34. The minimum Gasteiger partial charge on any atom is -0.398 e. The zero-order valence-corrected chi connectivity index (χ0v) is 13.9. The molecular weight excluding hydrogens is 314 g/mol. The number of sulfonamides is 2. The lowest BCUT2D eigenvalue weighted by atomic mass is 10.1. The number of hydrogen-bond donors (Lipinski definition) is 3. The molecule has 5 N–H and O–H groups in total. The first-order valence-corrected chi connectivity index (χ1v) is 9.52. The zero-order valence-electron chi connectivity index (χ0n) is 12.3. The standard InChI is InChI=1S/C12H21N3O4S2/c1-8-7-11(13)10(3)12(9(8)2)21(18,19)15-5-4-6-20(14,16)17/h7,15H,4-6,13H2,1-3H3,(H2,14,16,17). The van der Waals surface area contributed by atoms with Crippen molar-refractivity contribution in [3.63, 3.8) is 0 Å². The molecule has 0 aliphatic heterocycles. The normalized spacial score (nSPS) is 12.6. The van der Waals surface area contributed by atoms with Crippen molar-refractivity contribution < 1.29 is 16.8 Å². The van der Waals surface area contributed by atoms with Crippen LogP contribution in [0.5, 0.6) is 0 Å². The molecule has 9 heteroatoms. The summed E-state index contributed by atoms with van der Waals surface area (Å²) in [5, 5.41) is 4.86. The number of rotatable bonds is 6. The van der Waals surface area contributed by atoms with Gasteiger partial charge >= 0.3 is 0 Å². The highest BCUT2D eigenvalue weighted by Crippen LogP contribution is 2.27. The Labute approximate surface area is 125 Å². The molecule has 0 saturated carbocycles. The first-order valence-electron chi connectivity index (χ1n) is 6.32. The lowest BCUT2D eigenvalue weighted by Crippen LogP contribution is -2.29. The van der Waals surface area contributed by atoms with Gasteiger partial charge in [-0.2, -0.15) is 0 Å². The molecule has 120 valence electrons. The minimum absolute atomic E-state index is 0.00844. The molecule has 0 heterocycles. The Morgan fingerprint density at radius 2 is 1.67 bits per heavy atom. The molecule has 0 aliphatic rings. The van der Waals surface area contributed by atoms with Gasteiger partial charge in [0.05, 0.1) is 10.6 Å². The molecule has 1 aromatic carbocycles. The van der Waals surface area contributed by atoms with Crippen LogP contribution in [0.1, 0.15) is 23.1 Å². The topological polar surface area (TPSA) is 132 Å². The van der Waals surface area contributed by atoms with Gasteiger partial charge in [0.1, 0.15) is 0 Å². The van der Waals surface area contributed by atoms with Crippen LogP contribution < -0.4 is 15.6 Å². The van der Waals surface area contributed by atoms with E-state index in [1.165, 1.54) is 0 Å². The van der Waals surface area contributed by atoms with E-state index in [-0.39, 0.29) is 23.6 Å². The molecule has 7 nitrogen and oxygen atoms in total. The third kappa shape index (κ3) is 4.67. The van der Waals surface area contributed by atoms with E-state index in [0.29, 0.717) is 16.8 Å². The van der Waals surface area contributed by atoms with Crippen LogP contribution in [0, 0.1) is 20.8 Å². The summed E-state index contributed by atoms with van der Waals surface area (Å²) in [5.41, 5.74) is 8.11. The summed E-state index contributed by atoms with van der Waals surface area (Å²) in [5.74, 6) is -0.274. The number of nitrogens with two attached hydrogens (primary N) is 2. The van der Waals surface area contributed by atoms with Gasteiger partial charge in [0, 0.05) is 12.2 Å². The van der Waals surface area contributed by atoms with E-state index in [2.05, 4.69) is 4.72 Å². The number of nitrogen functional groups attached to an aromatic ring is 1. The lowest BCUT2D eigenvalue weighted by molar-refractivity contribution is 0.575. The van der Waals surface area contributed by atoms with Crippen LogP contribution in [0.15, 0.2) is 11.0 Å². The molecule has 0 unspecified atom stereocenters. The maximum atomic E-state index is 12.4. The third-order valence-corrected chi connectivity index (χ3v) is 5.84. The van der Waals surface area contributed by atoms with Gasteiger partial charge < -0.3 is 5.73 Å². The average molecular weight is 335 g/mol. The van der Waals surface area contributed by atoms with Crippen LogP contribution in [0.25, 0.3) is 0 Å². The fourth-order valence-electron chi connectivity index (χ4n) is 2.00. The van der Waals surface area contributed by atoms with Crippen molar-refractivity contribution in [2.24, 2.45) is 5.14 Å². The number of nitrogens with one attached hydrogen (secondary N) is 1. The highest BCUT2D eigenvalue weighted by atomic mass is 32.2. The molecule has 21 heavy (non-hydrogen) atoms. The van der Waals surface area contributed by atoms with Gasteiger partial charge in [0.25, 0.3) is 0 Å². The monoisotopic (exact) mass is 335 g/mol. The van der Waals surface area contributed by atoms with Crippen LogP contribution in [-0.4, -0.2) is 29.1 Å². The van der Waals surface area contributed by atoms with Gasteiger partial charge in [0.2, 0.25) is 20.0 Å². The van der Waals surface area contributed by atoms with E-state index < -0.39 is 20.0 Å². The summed E-state index contributed by atoms with van der Waals surface area (Å²) in [4.78, 5) is 0.149. The van der Waals surface area contributed by atoms with Crippen molar-refractivity contribution in [2.75, 3.05) is 18.0 Å². The Morgan fingerprint density at radius 3 is 2.19 bits per heavy atom. The maximum absolute atomic E-state index is 12.4. The molecular formula is C12H21N3O4S2. The van der Waals surface area contributed by atoms with Gasteiger partial charge in [-0.3, -0.25) is 0 Å². The van der Waals surface area contributed by atoms with Crippen LogP contribution in [0.2, 0.25) is 0 Å². The summed E-state index contributed by atoms with van der Waals surface area (Å²) in [6.07, 6.45) is 0.109. The molecule has 0 radical (unpaired) electrons. The zero-order chi connectivity index (χ0) is 16.4. The summed E-state index contributed by atoms with van der Waals surface area (Å²) in [6, 6.07) is 1.73. The molecule has 0 aromatic heterocycles. The summed E-state index contributed by atoms with van der Waals surface area (Å²) >= 11 is 0. The van der Waals surface area contributed by atoms with Crippen LogP contribution >= 0.6 is 0 Å². The van der Waals surface area contributed by atoms with E-state index in [9.17, 15) is 16.8 Å². The molecule has 0 atom stereocenters. The Bertz CT molecular complexity index is 714. The number of benzene rings is 1. The Balaban J connectivity index is 2.99. The molecule has 0 amide bonds. The minimum atomic E-state index is -3.75. The van der Waals surface area contributed by atoms with Crippen LogP contribution in [0.4, 0.5) is 5.69 Å². The molecule has 0 aliphatic carbocycles.